The van der Waals surface area contributed by atoms with Crippen LogP contribution in [0.15, 0.2) is 54.6 Å². The van der Waals surface area contributed by atoms with Gasteiger partial charge in [0, 0.05) is 36.1 Å². The van der Waals surface area contributed by atoms with Crippen molar-refractivity contribution in [3.8, 4) is 10.6 Å². The summed E-state index contributed by atoms with van der Waals surface area (Å²) < 4.78 is 15.0. The van der Waals surface area contributed by atoms with Gasteiger partial charge >= 0.3 is 7.25 Å². The molecular weight excluding hydrogens is 451 g/mol. The Morgan fingerprint density at radius 3 is 2.09 bits per heavy atom. The number of para-hydroxylation sites is 1. The molecular formula is C29H33BN2O2S. The van der Waals surface area contributed by atoms with Gasteiger partial charge in [-0.15, -0.1) is 11.3 Å². The number of benzene rings is 3. The van der Waals surface area contributed by atoms with E-state index in [0.717, 1.165) is 27.1 Å². The number of aromatic nitrogens is 2. The fourth-order valence-electron chi connectivity index (χ4n) is 4.76. The van der Waals surface area contributed by atoms with Crippen LogP contribution in [-0.4, -0.2) is 30.9 Å². The Bertz CT molecular complexity index is 1520. The predicted molar refractivity (Wildman–Crippen MR) is 151 cm³/mol. The van der Waals surface area contributed by atoms with Gasteiger partial charge in [0.05, 0.1) is 15.7 Å². The second kappa shape index (κ2) is 8.47. The molecule has 0 fully saturated rings. The van der Waals surface area contributed by atoms with Crippen molar-refractivity contribution in [2.45, 2.75) is 52.4 Å². The summed E-state index contributed by atoms with van der Waals surface area (Å²) >= 11 is 1.73. The van der Waals surface area contributed by atoms with E-state index in [-0.39, 0.29) is 10.8 Å². The fourth-order valence-corrected chi connectivity index (χ4v) is 5.74. The smallest absolute Gasteiger partial charge is 0.394 e. The van der Waals surface area contributed by atoms with Gasteiger partial charge in [0.2, 0.25) is 0 Å². The lowest BCUT2D eigenvalue weighted by molar-refractivity contribution is 0.271. The maximum atomic E-state index is 5.83. The minimum absolute atomic E-state index is 0.0163. The highest BCUT2D eigenvalue weighted by Crippen LogP contribution is 2.43. The minimum Gasteiger partial charge on any atom is -0.394 e. The summed E-state index contributed by atoms with van der Waals surface area (Å²) in [6.07, 6.45) is 0. The molecule has 5 rings (SSSR count). The predicted octanol–water partition coefficient (Wildman–Crippen LogP) is 7.79. The van der Waals surface area contributed by atoms with Crippen LogP contribution in [0.3, 0.4) is 0 Å². The largest absolute Gasteiger partial charge is 0.597 e. The first-order chi connectivity index (χ1) is 16.5. The Morgan fingerprint density at radius 2 is 1.46 bits per heavy atom. The van der Waals surface area contributed by atoms with E-state index in [2.05, 4.69) is 94.6 Å². The lowest BCUT2D eigenvalue weighted by atomic mass is 9.84. The van der Waals surface area contributed by atoms with E-state index in [1.807, 2.05) is 6.07 Å². The van der Waals surface area contributed by atoms with Crippen molar-refractivity contribution in [1.29, 1.82) is 0 Å². The van der Waals surface area contributed by atoms with E-state index in [4.69, 9.17) is 14.3 Å². The molecule has 0 saturated heterocycles. The first-order valence-corrected chi connectivity index (χ1v) is 12.9. The van der Waals surface area contributed by atoms with Crippen LogP contribution < -0.4 is 0 Å². The summed E-state index contributed by atoms with van der Waals surface area (Å²) in [6, 6.07) is 19.8. The highest BCUT2D eigenvalue weighted by molar-refractivity contribution is 7.21. The molecule has 0 spiro atoms. The van der Waals surface area contributed by atoms with Gasteiger partial charge in [-0.3, -0.25) is 0 Å². The fraction of sp³-hybridized carbons (Fsp3) is 0.345. The number of thiazole rings is 1. The summed E-state index contributed by atoms with van der Waals surface area (Å²) in [5, 5.41) is 3.42. The number of nitrogens with zero attached hydrogens (tertiary/aromatic N) is 2. The van der Waals surface area contributed by atoms with Crippen molar-refractivity contribution >= 4 is 50.6 Å². The second-order valence-electron chi connectivity index (χ2n) is 11.3. The summed E-state index contributed by atoms with van der Waals surface area (Å²) in [6.45, 7) is 13.6. The van der Waals surface area contributed by atoms with Crippen LogP contribution in [0.4, 0.5) is 0 Å². The Balaban J connectivity index is 1.97. The average molecular weight is 484 g/mol. The Hall–Kier alpha value is -2.67. The van der Waals surface area contributed by atoms with Crippen LogP contribution in [0.25, 0.3) is 42.6 Å². The Labute approximate surface area is 212 Å². The molecule has 2 heterocycles. The van der Waals surface area contributed by atoms with Crippen LogP contribution >= 0.6 is 11.3 Å². The quantitative estimate of drug-likeness (QED) is 0.244. The zero-order chi connectivity index (χ0) is 25.1. The molecule has 4 nitrogen and oxygen atoms in total. The van der Waals surface area contributed by atoms with Crippen molar-refractivity contribution in [3.63, 3.8) is 0 Å². The summed E-state index contributed by atoms with van der Waals surface area (Å²) in [5.41, 5.74) is 6.93. The standard InChI is InChI=1S/C29H33BN2O2S/c1-28(2,3)18-13-14-24-20(15-18)21-16-19(29(4,5)6)17-22(26(21)32(24)30(33-7)34-8)27-31-23-11-9-10-12-25(23)35-27/h9-17H,1-8H3. The van der Waals surface area contributed by atoms with Gasteiger partial charge in [-0.05, 0) is 58.4 Å². The molecule has 0 saturated carbocycles. The van der Waals surface area contributed by atoms with Crippen molar-refractivity contribution < 1.29 is 9.31 Å². The lowest BCUT2D eigenvalue weighted by Crippen LogP contribution is -2.29. The summed E-state index contributed by atoms with van der Waals surface area (Å²) in [5.74, 6) is 0. The summed E-state index contributed by atoms with van der Waals surface area (Å²) in [4.78, 5) is 5.06. The monoisotopic (exact) mass is 484 g/mol. The number of rotatable bonds is 4. The molecule has 0 radical (unpaired) electrons. The van der Waals surface area contributed by atoms with Crippen molar-refractivity contribution in [2.75, 3.05) is 14.2 Å². The van der Waals surface area contributed by atoms with Crippen LogP contribution in [0, 0.1) is 0 Å². The highest BCUT2D eigenvalue weighted by Gasteiger charge is 2.30. The van der Waals surface area contributed by atoms with Crippen LogP contribution in [0.5, 0.6) is 0 Å². The molecule has 5 aromatic rings. The van der Waals surface area contributed by atoms with Gasteiger partial charge in [0.25, 0.3) is 0 Å². The van der Waals surface area contributed by atoms with Gasteiger partial charge in [-0.25, -0.2) is 4.98 Å². The van der Waals surface area contributed by atoms with Gasteiger partial charge in [0.15, 0.2) is 0 Å². The third-order valence-electron chi connectivity index (χ3n) is 6.77. The normalized spacial score (nSPS) is 12.8. The van der Waals surface area contributed by atoms with E-state index in [1.54, 1.807) is 25.6 Å². The first-order valence-electron chi connectivity index (χ1n) is 12.1. The lowest BCUT2D eigenvalue weighted by Gasteiger charge is -2.21. The molecule has 0 bridgehead atoms. The molecule has 0 aliphatic rings. The zero-order valence-electron chi connectivity index (χ0n) is 21.9. The van der Waals surface area contributed by atoms with E-state index < -0.39 is 7.25 Å². The topological polar surface area (TPSA) is 36.3 Å². The summed E-state index contributed by atoms with van der Waals surface area (Å²) in [7, 11) is 2.83. The van der Waals surface area contributed by atoms with E-state index >= 15 is 0 Å². The maximum absolute atomic E-state index is 5.83. The maximum Gasteiger partial charge on any atom is 0.597 e. The van der Waals surface area contributed by atoms with Gasteiger partial charge in [-0.2, -0.15) is 0 Å². The molecule has 0 unspecified atom stereocenters. The molecule has 180 valence electrons. The van der Waals surface area contributed by atoms with Crippen LogP contribution in [-0.2, 0) is 20.1 Å². The van der Waals surface area contributed by atoms with E-state index in [9.17, 15) is 0 Å². The molecule has 0 aliphatic carbocycles. The third kappa shape index (κ3) is 4.08. The van der Waals surface area contributed by atoms with Crippen molar-refractivity contribution in [1.82, 2.24) is 9.46 Å². The van der Waals surface area contributed by atoms with Gasteiger partial charge in [0.1, 0.15) is 5.01 Å². The first kappa shape index (κ1) is 24.0. The van der Waals surface area contributed by atoms with Gasteiger partial charge in [-0.1, -0.05) is 59.7 Å². The average Bonchev–Trinajstić information content (AvgIpc) is 3.38. The number of hydrogen-bond acceptors (Lipinski definition) is 4. The van der Waals surface area contributed by atoms with Crippen molar-refractivity contribution in [2.24, 2.45) is 0 Å². The van der Waals surface area contributed by atoms with Crippen LogP contribution in [0.1, 0.15) is 52.7 Å². The number of hydrogen-bond donors (Lipinski definition) is 0. The minimum atomic E-state index is -0.552. The van der Waals surface area contributed by atoms with E-state index in [1.165, 1.54) is 26.6 Å². The third-order valence-corrected chi connectivity index (χ3v) is 7.84. The Morgan fingerprint density at radius 1 is 0.800 bits per heavy atom. The molecule has 6 heteroatoms. The van der Waals surface area contributed by atoms with Gasteiger partial charge < -0.3 is 13.8 Å². The Kier molecular flexibility index (Phi) is 5.82. The molecule has 0 amide bonds. The van der Waals surface area contributed by atoms with Crippen molar-refractivity contribution in [3.05, 3.63) is 65.7 Å². The SMILES string of the molecule is COB(OC)n1c2ccc(C(C)(C)C)cc2c2cc(C(C)(C)C)cc(-c3nc4ccccc4s3)c21. The molecule has 0 N–H and O–H groups in total. The number of fused-ring (bicyclic) bond motifs is 4. The highest BCUT2D eigenvalue weighted by atomic mass is 32.1. The second-order valence-corrected chi connectivity index (χ2v) is 12.3. The molecule has 0 aliphatic heterocycles. The molecule has 35 heavy (non-hydrogen) atoms. The molecule has 0 atom stereocenters. The molecule has 2 aromatic heterocycles. The molecule has 3 aromatic carbocycles. The zero-order valence-corrected chi connectivity index (χ0v) is 22.7. The van der Waals surface area contributed by atoms with Crippen LogP contribution in [0.2, 0.25) is 0 Å². The van der Waals surface area contributed by atoms with E-state index in [0.29, 0.717) is 0 Å².